The molecule has 0 unspecified atom stereocenters. The van der Waals surface area contributed by atoms with Crippen LogP contribution in [-0.2, 0) is 12.8 Å². The Morgan fingerprint density at radius 3 is 2.70 bits per heavy atom. The molecule has 1 aliphatic heterocycles. The fraction of sp³-hybridized carbons (Fsp3) is 0.409. The first-order chi connectivity index (χ1) is 13.2. The number of nitrogens with zero attached hydrogens (tertiary/aromatic N) is 1. The van der Waals surface area contributed by atoms with Gasteiger partial charge in [-0.3, -0.25) is 4.79 Å². The lowest BCUT2D eigenvalue weighted by Gasteiger charge is -2.27. The van der Waals surface area contributed by atoms with E-state index in [1.165, 1.54) is 32.7 Å². The van der Waals surface area contributed by atoms with E-state index in [0.29, 0.717) is 6.54 Å². The van der Waals surface area contributed by atoms with Gasteiger partial charge in [0, 0.05) is 24.5 Å². The lowest BCUT2D eigenvalue weighted by Crippen LogP contribution is -2.27. The SMILES string of the molecule is CN1CCC(=C2c3ccccc3CCc3sc(C(=O)NCCO)cc32)CC1. The molecule has 4 nitrogen and oxygen atoms in total. The highest BCUT2D eigenvalue weighted by atomic mass is 32.1. The molecule has 1 amide bonds. The summed E-state index contributed by atoms with van der Waals surface area (Å²) in [5.74, 6) is -0.0804. The van der Waals surface area contributed by atoms with Gasteiger partial charge in [0.25, 0.3) is 5.91 Å². The van der Waals surface area contributed by atoms with Gasteiger partial charge in [-0.2, -0.15) is 0 Å². The predicted octanol–water partition coefficient (Wildman–Crippen LogP) is 3.10. The number of amides is 1. The van der Waals surface area contributed by atoms with Crippen molar-refractivity contribution in [2.24, 2.45) is 0 Å². The zero-order valence-corrected chi connectivity index (χ0v) is 16.6. The quantitative estimate of drug-likeness (QED) is 0.858. The van der Waals surface area contributed by atoms with Crippen molar-refractivity contribution in [2.45, 2.75) is 25.7 Å². The topological polar surface area (TPSA) is 52.6 Å². The molecule has 2 heterocycles. The second kappa shape index (κ2) is 7.97. The van der Waals surface area contributed by atoms with E-state index in [1.54, 1.807) is 11.3 Å². The van der Waals surface area contributed by atoms with Gasteiger partial charge in [0.1, 0.15) is 0 Å². The molecule has 1 fully saturated rings. The standard InChI is InChI=1S/C22H26N2O2S/c1-24-11-8-16(9-12-24)21-17-5-3-2-4-15(17)6-7-19-18(21)14-20(27-19)22(26)23-10-13-25/h2-5,14,25H,6-13H2,1H3,(H,23,26). The molecule has 5 heteroatoms. The smallest absolute Gasteiger partial charge is 0.261 e. The number of carbonyl (C=O) groups excluding carboxylic acids is 1. The predicted molar refractivity (Wildman–Crippen MR) is 110 cm³/mol. The minimum absolute atomic E-state index is 0.0347. The third-order valence-corrected chi connectivity index (χ3v) is 6.75. The second-order valence-corrected chi connectivity index (χ2v) is 8.50. The van der Waals surface area contributed by atoms with E-state index >= 15 is 0 Å². The molecule has 0 bridgehead atoms. The van der Waals surface area contributed by atoms with Crippen LogP contribution in [0.5, 0.6) is 0 Å². The number of aliphatic hydroxyl groups excluding tert-OH is 1. The highest BCUT2D eigenvalue weighted by molar-refractivity contribution is 7.14. The van der Waals surface area contributed by atoms with Crippen molar-refractivity contribution < 1.29 is 9.90 Å². The number of hydrogen-bond acceptors (Lipinski definition) is 4. The first-order valence-electron chi connectivity index (χ1n) is 9.68. The fourth-order valence-electron chi connectivity index (χ4n) is 4.09. The molecule has 1 aliphatic carbocycles. The number of fused-ring (bicyclic) bond motifs is 2. The number of carbonyl (C=O) groups is 1. The summed E-state index contributed by atoms with van der Waals surface area (Å²) in [5.41, 5.74) is 6.88. The Bertz CT molecular complexity index is 874. The summed E-state index contributed by atoms with van der Waals surface area (Å²) < 4.78 is 0. The summed E-state index contributed by atoms with van der Waals surface area (Å²) in [4.78, 5) is 16.9. The molecular formula is C22H26N2O2S. The molecule has 142 valence electrons. The van der Waals surface area contributed by atoms with E-state index in [0.717, 1.165) is 43.6 Å². The number of aliphatic hydroxyl groups is 1. The first kappa shape index (κ1) is 18.4. The van der Waals surface area contributed by atoms with Crippen molar-refractivity contribution in [2.75, 3.05) is 33.3 Å². The lowest BCUT2D eigenvalue weighted by molar-refractivity contribution is 0.0949. The van der Waals surface area contributed by atoms with Gasteiger partial charge >= 0.3 is 0 Å². The maximum atomic E-state index is 12.4. The Labute approximate surface area is 164 Å². The minimum atomic E-state index is -0.0804. The van der Waals surface area contributed by atoms with Crippen molar-refractivity contribution in [1.29, 1.82) is 0 Å². The van der Waals surface area contributed by atoms with Crippen LogP contribution in [0.4, 0.5) is 0 Å². The zero-order chi connectivity index (χ0) is 18.8. The van der Waals surface area contributed by atoms with Gasteiger partial charge in [0.15, 0.2) is 0 Å². The van der Waals surface area contributed by atoms with Crippen molar-refractivity contribution in [3.8, 4) is 0 Å². The van der Waals surface area contributed by atoms with E-state index in [4.69, 9.17) is 5.11 Å². The van der Waals surface area contributed by atoms with E-state index in [1.807, 2.05) is 0 Å². The van der Waals surface area contributed by atoms with E-state index in [9.17, 15) is 4.79 Å². The monoisotopic (exact) mass is 382 g/mol. The summed E-state index contributed by atoms with van der Waals surface area (Å²) in [5, 5.41) is 11.8. The van der Waals surface area contributed by atoms with E-state index in [-0.39, 0.29) is 12.5 Å². The summed E-state index contributed by atoms with van der Waals surface area (Å²) >= 11 is 1.61. The number of rotatable bonds is 3. The number of aryl methyl sites for hydroxylation is 2. The van der Waals surface area contributed by atoms with Crippen LogP contribution in [0.1, 0.15) is 44.1 Å². The molecule has 2 aromatic rings. The molecule has 27 heavy (non-hydrogen) atoms. The van der Waals surface area contributed by atoms with E-state index < -0.39 is 0 Å². The van der Waals surface area contributed by atoms with Crippen molar-refractivity contribution in [3.63, 3.8) is 0 Å². The number of piperidine rings is 1. The Balaban J connectivity index is 1.81. The van der Waals surface area contributed by atoms with Crippen molar-refractivity contribution in [3.05, 3.63) is 62.3 Å². The summed E-state index contributed by atoms with van der Waals surface area (Å²) in [6.07, 6.45) is 4.15. The van der Waals surface area contributed by atoms with Crippen molar-refractivity contribution in [1.82, 2.24) is 10.2 Å². The summed E-state index contributed by atoms with van der Waals surface area (Å²) in [7, 11) is 2.18. The van der Waals surface area contributed by atoms with Gasteiger partial charge in [-0.25, -0.2) is 0 Å². The van der Waals surface area contributed by atoms with Gasteiger partial charge in [0.05, 0.1) is 11.5 Å². The number of likely N-dealkylation sites (tertiary alicyclic amines) is 1. The van der Waals surface area contributed by atoms with Crippen LogP contribution < -0.4 is 5.32 Å². The van der Waals surface area contributed by atoms with Gasteiger partial charge in [-0.05, 0) is 61.1 Å². The Morgan fingerprint density at radius 1 is 1.15 bits per heavy atom. The van der Waals surface area contributed by atoms with Gasteiger partial charge in [0.2, 0.25) is 0 Å². The highest BCUT2D eigenvalue weighted by Crippen LogP contribution is 2.41. The Morgan fingerprint density at radius 2 is 1.93 bits per heavy atom. The summed E-state index contributed by atoms with van der Waals surface area (Å²) in [6, 6.07) is 10.8. The average molecular weight is 383 g/mol. The fourth-order valence-corrected chi connectivity index (χ4v) is 5.17. The number of benzene rings is 1. The van der Waals surface area contributed by atoms with Gasteiger partial charge < -0.3 is 15.3 Å². The molecule has 1 saturated heterocycles. The minimum Gasteiger partial charge on any atom is -0.395 e. The van der Waals surface area contributed by atoms with Gasteiger partial charge in [-0.15, -0.1) is 11.3 Å². The van der Waals surface area contributed by atoms with Crippen LogP contribution in [-0.4, -0.2) is 49.2 Å². The first-order valence-corrected chi connectivity index (χ1v) is 10.5. The Hall–Kier alpha value is -1.95. The molecule has 2 aliphatic rings. The van der Waals surface area contributed by atoms with Crippen LogP contribution in [0, 0.1) is 0 Å². The third kappa shape index (κ3) is 3.72. The normalized spacial score (nSPS) is 17.3. The van der Waals surface area contributed by atoms with Crippen molar-refractivity contribution >= 4 is 22.8 Å². The average Bonchev–Trinajstić information content (AvgIpc) is 3.04. The second-order valence-electron chi connectivity index (χ2n) is 7.37. The lowest BCUT2D eigenvalue weighted by atomic mass is 9.87. The Kier molecular flexibility index (Phi) is 5.43. The van der Waals surface area contributed by atoms with Crippen LogP contribution in [0.15, 0.2) is 35.9 Å². The summed E-state index contributed by atoms with van der Waals surface area (Å²) in [6.45, 7) is 2.44. The molecule has 1 aromatic heterocycles. The van der Waals surface area contributed by atoms with E-state index in [2.05, 4.69) is 47.6 Å². The number of hydrogen-bond donors (Lipinski definition) is 2. The molecule has 2 N–H and O–H groups in total. The maximum Gasteiger partial charge on any atom is 0.261 e. The number of thiophene rings is 1. The molecular weight excluding hydrogens is 356 g/mol. The van der Waals surface area contributed by atoms with Crippen LogP contribution in [0.25, 0.3) is 5.57 Å². The molecule has 0 saturated carbocycles. The number of nitrogens with one attached hydrogen (secondary N) is 1. The molecule has 0 spiro atoms. The third-order valence-electron chi connectivity index (χ3n) is 5.55. The molecule has 1 aromatic carbocycles. The largest absolute Gasteiger partial charge is 0.395 e. The van der Waals surface area contributed by atoms with Crippen LogP contribution in [0.2, 0.25) is 0 Å². The van der Waals surface area contributed by atoms with Crippen LogP contribution >= 0.6 is 11.3 Å². The highest BCUT2D eigenvalue weighted by Gasteiger charge is 2.26. The maximum absolute atomic E-state index is 12.4. The molecule has 0 radical (unpaired) electrons. The van der Waals surface area contributed by atoms with Gasteiger partial charge in [-0.1, -0.05) is 29.8 Å². The molecule has 0 atom stereocenters. The zero-order valence-electron chi connectivity index (χ0n) is 15.8. The van der Waals surface area contributed by atoms with Crippen LogP contribution in [0.3, 0.4) is 0 Å². The molecule has 4 rings (SSSR count).